The number of hydrogen-bond acceptors (Lipinski definition) is 3. The molecule has 0 aromatic heterocycles. The first-order valence-electron chi connectivity index (χ1n) is 5.73. The van der Waals surface area contributed by atoms with Crippen molar-refractivity contribution >= 4 is 18.4 Å². The Balaban J connectivity index is 3.01. The number of unbranched alkanes of at least 4 members (excludes halogenated alkanes) is 7. The minimum Gasteiger partial charge on any atom is -0.303 e. The predicted molar refractivity (Wildman–Crippen MR) is 58.7 cm³/mol. The van der Waals surface area contributed by atoms with Crippen molar-refractivity contribution in [2.24, 2.45) is 0 Å². The Bertz CT molecular complexity index is 187. The monoisotopic (exact) mass is 212 g/mol. The fourth-order valence-electron chi connectivity index (χ4n) is 1.47. The van der Waals surface area contributed by atoms with E-state index in [1.165, 1.54) is 0 Å². The maximum Gasteiger partial charge on any atom is 0.195 e. The highest BCUT2D eigenvalue weighted by atomic mass is 16.2. The van der Waals surface area contributed by atoms with Crippen LogP contribution in [-0.2, 0) is 14.4 Å². The molecule has 86 valence electrons. The Hall–Kier alpha value is -0.990. The van der Waals surface area contributed by atoms with Gasteiger partial charge in [-0.15, -0.1) is 0 Å². The number of carbonyl (C=O) groups is 3. The first-order chi connectivity index (χ1) is 7.31. The SMILES string of the molecule is O=CCCCCCCCCCC(=O)C=O. The molecule has 0 spiro atoms. The molecule has 0 N–H and O–H groups in total. The van der Waals surface area contributed by atoms with Gasteiger partial charge < -0.3 is 4.79 Å². The number of hydrogen-bond donors (Lipinski definition) is 0. The van der Waals surface area contributed by atoms with Crippen LogP contribution in [-0.4, -0.2) is 18.4 Å². The van der Waals surface area contributed by atoms with E-state index in [1.54, 1.807) is 0 Å². The van der Waals surface area contributed by atoms with Crippen LogP contribution in [0.3, 0.4) is 0 Å². The molecule has 3 heteroatoms. The van der Waals surface area contributed by atoms with E-state index >= 15 is 0 Å². The summed E-state index contributed by atoms with van der Waals surface area (Å²) >= 11 is 0. The lowest BCUT2D eigenvalue weighted by atomic mass is 10.1. The summed E-state index contributed by atoms with van der Waals surface area (Å²) in [4.78, 5) is 30.6. The van der Waals surface area contributed by atoms with Crippen LogP contribution >= 0.6 is 0 Å². The highest BCUT2D eigenvalue weighted by molar-refractivity contribution is 6.24. The highest BCUT2D eigenvalue weighted by Gasteiger charge is 1.98. The van der Waals surface area contributed by atoms with E-state index in [0.29, 0.717) is 19.1 Å². The number of ketones is 1. The first kappa shape index (κ1) is 14.0. The van der Waals surface area contributed by atoms with Gasteiger partial charge in [-0.1, -0.05) is 32.1 Å². The zero-order valence-corrected chi connectivity index (χ0v) is 9.24. The Morgan fingerprint density at radius 2 is 1.33 bits per heavy atom. The maximum atomic E-state index is 10.6. The van der Waals surface area contributed by atoms with Crippen LogP contribution in [0, 0.1) is 0 Å². The molecule has 0 aliphatic rings. The van der Waals surface area contributed by atoms with Crippen LogP contribution in [0.5, 0.6) is 0 Å². The zero-order chi connectivity index (χ0) is 11.4. The van der Waals surface area contributed by atoms with Gasteiger partial charge in [0.15, 0.2) is 12.1 Å². The van der Waals surface area contributed by atoms with Gasteiger partial charge in [0, 0.05) is 12.8 Å². The molecule has 0 aromatic carbocycles. The molecular weight excluding hydrogens is 192 g/mol. The lowest BCUT2D eigenvalue weighted by molar-refractivity contribution is -0.129. The first-order valence-corrected chi connectivity index (χ1v) is 5.73. The molecule has 0 saturated heterocycles. The molecule has 0 bridgehead atoms. The minimum atomic E-state index is -0.291. The van der Waals surface area contributed by atoms with E-state index < -0.39 is 0 Å². The van der Waals surface area contributed by atoms with Gasteiger partial charge in [0.1, 0.15) is 6.29 Å². The molecule has 0 atom stereocenters. The van der Waals surface area contributed by atoms with Crippen LogP contribution in [0.1, 0.15) is 57.8 Å². The average Bonchev–Trinajstić information content (AvgIpc) is 2.26. The van der Waals surface area contributed by atoms with E-state index in [2.05, 4.69) is 0 Å². The second kappa shape index (κ2) is 11.1. The Kier molecular flexibility index (Phi) is 10.4. The summed E-state index contributed by atoms with van der Waals surface area (Å²) in [5, 5.41) is 0. The second-order valence-electron chi connectivity index (χ2n) is 3.76. The molecular formula is C12H20O3. The lowest BCUT2D eigenvalue weighted by Crippen LogP contribution is -1.97. The van der Waals surface area contributed by atoms with Gasteiger partial charge in [0.25, 0.3) is 0 Å². The topological polar surface area (TPSA) is 51.2 Å². The van der Waals surface area contributed by atoms with Crippen molar-refractivity contribution in [2.45, 2.75) is 57.8 Å². The Morgan fingerprint density at radius 3 is 1.87 bits per heavy atom. The molecule has 0 saturated carbocycles. The second-order valence-corrected chi connectivity index (χ2v) is 3.76. The number of carbonyl (C=O) groups excluding carboxylic acids is 3. The Morgan fingerprint density at radius 1 is 0.800 bits per heavy atom. The van der Waals surface area contributed by atoms with Gasteiger partial charge in [0.05, 0.1) is 0 Å². The van der Waals surface area contributed by atoms with E-state index in [0.717, 1.165) is 51.2 Å². The molecule has 0 amide bonds. The van der Waals surface area contributed by atoms with Crippen molar-refractivity contribution in [1.82, 2.24) is 0 Å². The zero-order valence-electron chi connectivity index (χ0n) is 9.24. The third-order valence-electron chi connectivity index (χ3n) is 2.38. The van der Waals surface area contributed by atoms with Gasteiger partial charge in [-0.2, -0.15) is 0 Å². The summed E-state index contributed by atoms with van der Waals surface area (Å²) in [6.07, 6.45) is 9.84. The van der Waals surface area contributed by atoms with Crippen molar-refractivity contribution in [3.63, 3.8) is 0 Å². The molecule has 0 fully saturated rings. The largest absolute Gasteiger partial charge is 0.303 e. The number of aldehydes is 2. The van der Waals surface area contributed by atoms with Crippen molar-refractivity contribution in [1.29, 1.82) is 0 Å². The molecule has 0 rings (SSSR count). The van der Waals surface area contributed by atoms with Crippen LogP contribution in [0.15, 0.2) is 0 Å². The van der Waals surface area contributed by atoms with Crippen LogP contribution < -0.4 is 0 Å². The lowest BCUT2D eigenvalue weighted by Gasteiger charge is -1.99. The molecule has 0 radical (unpaired) electrons. The average molecular weight is 212 g/mol. The van der Waals surface area contributed by atoms with Crippen molar-refractivity contribution in [3.05, 3.63) is 0 Å². The normalized spacial score (nSPS) is 9.87. The predicted octanol–water partition coefficient (Wildman–Crippen LogP) is 2.46. The number of Topliss-reactive ketones (excluding diaryl/α,β-unsaturated/α-hetero) is 1. The van der Waals surface area contributed by atoms with E-state index in [1.807, 2.05) is 0 Å². The summed E-state index contributed by atoms with van der Waals surface area (Å²) in [5.41, 5.74) is 0. The third-order valence-corrected chi connectivity index (χ3v) is 2.38. The molecule has 0 unspecified atom stereocenters. The standard InChI is InChI=1S/C12H20O3/c13-10-8-6-4-2-1-3-5-7-9-12(15)11-14/h10-11H,1-9H2. The quantitative estimate of drug-likeness (QED) is 0.300. The van der Waals surface area contributed by atoms with Crippen molar-refractivity contribution in [2.75, 3.05) is 0 Å². The highest BCUT2D eigenvalue weighted by Crippen LogP contribution is 2.09. The summed E-state index contributed by atoms with van der Waals surface area (Å²) in [6, 6.07) is 0. The van der Waals surface area contributed by atoms with Gasteiger partial charge in [-0.05, 0) is 12.8 Å². The smallest absolute Gasteiger partial charge is 0.195 e. The van der Waals surface area contributed by atoms with Gasteiger partial charge >= 0.3 is 0 Å². The van der Waals surface area contributed by atoms with Crippen LogP contribution in [0.2, 0.25) is 0 Å². The molecule has 15 heavy (non-hydrogen) atoms. The molecule has 0 heterocycles. The van der Waals surface area contributed by atoms with Crippen molar-refractivity contribution < 1.29 is 14.4 Å². The summed E-state index contributed by atoms with van der Waals surface area (Å²) < 4.78 is 0. The molecule has 3 nitrogen and oxygen atoms in total. The molecule has 0 aliphatic heterocycles. The summed E-state index contributed by atoms with van der Waals surface area (Å²) in [6.45, 7) is 0. The van der Waals surface area contributed by atoms with Gasteiger partial charge in [-0.3, -0.25) is 9.59 Å². The van der Waals surface area contributed by atoms with E-state index in [-0.39, 0.29) is 5.78 Å². The van der Waals surface area contributed by atoms with E-state index in [9.17, 15) is 14.4 Å². The fourth-order valence-corrected chi connectivity index (χ4v) is 1.47. The van der Waals surface area contributed by atoms with Gasteiger partial charge in [-0.25, -0.2) is 0 Å². The third kappa shape index (κ3) is 10.9. The molecule has 0 aromatic rings. The van der Waals surface area contributed by atoms with Crippen LogP contribution in [0.25, 0.3) is 0 Å². The minimum absolute atomic E-state index is 0.291. The summed E-state index contributed by atoms with van der Waals surface area (Å²) in [5.74, 6) is -0.291. The number of rotatable bonds is 11. The van der Waals surface area contributed by atoms with Crippen molar-refractivity contribution in [3.8, 4) is 0 Å². The van der Waals surface area contributed by atoms with E-state index in [4.69, 9.17) is 0 Å². The van der Waals surface area contributed by atoms with Gasteiger partial charge in [0.2, 0.25) is 0 Å². The maximum absolute atomic E-state index is 10.6. The Labute approximate surface area is 91.2 Å². The van der Waals surface area contributed by atoms with Crippen LogP contribution in [0.4, 0.5) is 0 Å². The fraction of sp³-hybridized carbons (Fsp3) is 0.750. The summed E-state index contributed by atoms with van der Waals surface area (Å²) in [7, 11) is 0. The molecule has 0 aliphatic carbocycles.